The molecule has 0 fully saturated rings. The number of para-hydroxylation sites is 2. The summed E-state index contributed by atoms with van der Waals surface area (Å²) in [4.78, 5) is 42.6. The number of amides is 1. The first kappa shape index (κ1) is 26.4. The fourth-order valence-electron chi connectivity index (χ4n) is 4.61. The van der Waals surface area contributed by atoms with Crippen molar-refractivity contribution in [2.24, 2.45) is 12.0 Å². The summed E-state index contributed by atoms with van der Waals surface area (Å²) in [5.41, 5.74) is 4.29. The summed E-state index contributed by atoms with van der Waals surface area (Å²) in [5.74, 6) is -0.629. The number of esters is 1. The van der Waals surface area contributed by atoms with Gasteiger partial charge in [0.15, 0.2) is 5.69 Å². The molecule has 9 heteroatoms. The zero-order chi connectivity index (χ0) is 28.2. The van der Waals surface area contributed by atoms with E-state index in [2.05, 4.69) is 10.3 Å². The van der Waals surface area contributed by atoms with Crippen molar-refractivity contribution >= 4 is 40.4 Å². The van der Waals surface area contributed by atoms with E-state index in [1.54, 1.807) is 46.8 Å². The number of fused-ring (bicyclic) bond motifs is 1. The normalized spacial score (nSPS) is 11.3. The van der Waals surface area contributed by atoms with Crippen molar-refractivity contribution in [2.75, 3.05) is 11.9 Å². The second kappa shape index (κ2) is 11.3. The molecule has 5 aromatic rings. The maximum absolute atomic E-state index is 13.3. The van der Waals surface area contributed by atoms with Crippen molar-refractivity contribution in [1.82, 2.24) is 13.9 Å². The number of carbonyl (C=O) groups excluding carboxylic acids is 2. The number of hydrogen-bond acceptors (Lipinski definition) is 5. The zero-order valence-corrected chi connectivity index (χ0v) is 22.5. The number of aliphatic imine (C=N–C) groups is 1. The van der Waals surface area contributed by atoms with Crippen molar-refractivity contribution in [3.63, 3.8) is 0 Å². The molecule has 40 heavy (non-hydrogen) atoms. The van der Waals surface area contributed by atoms with Gasteiger partial charge in [0.2, 0.25) is 5.91 Å². The SMILES string of the molecule is CCOC(=O)c1ccc(NC(=O)Cn2cc(C=Nc3c(C)n(C)n(-c4ccccc4)c3=O)c3ccccc32)cc1. The quantitative estimate of drug-likeness (QED) is 0.223. The maximum Gasteiger partial charge on any atom is 0.338 e. The van der Waals surface area contributed by atoms with Gasteiger partial charge in [0.05, 0.1) is 23.6 Å². The number of anilines is 1. The Labute approximate surface area is 230 Å². The molecule has 5 rings (SSSR count). The van der Waals surface area contributed by atoms with Crippen molar-refractivity contribution in [3.05, 3.63) is 112 Å². The van der Waals surface area contributed by atoms with Gasteiger partial charge in [0, 0.05) is 41.6 Å². The lowest BCUT2D eigenvalue weighted by molar-refractivity contribution is -0.116. The molecular weight excluding hydrogens is 506 g/mol. The second-order valence-corrected chi connectivity index (χ2v) is 9.24. The van der Waals surface area contributed by atoms with Crippen LogP contribution >= 0.6 is 0 Å². The van der Waals surface area contributed by atoms with Gasteiger partial charge in [-0.25, -0.2) is 14.5 Å². The van der Waals surface area contributed by atoms with E-state index in [0.29, 0.717) is 23.5 Å². The van der Waals surface area contributed by atoms with Crippen molar-refractivity contribution in [1.29, 1.82) is 0 Å². The summed E-state index contributed by atoms with van der Waals surface area (Å²) >= 11 is 0. The molecule has 1 N–H and O–H groups in total. The number of carbonyl (C=O) groups is 2. The van der Waals surface area contributed by atoms with Gasteiger partial charge in [-0.3, -0.25) is 14.3 Å². The molecule has 0 spiro atoms. The number of hydrogen-bond donors (Lipinski definition) is 1. The standard InChI is InChI=1S/C31H29N5O4/c1-4-40-31(39)22-14-16-24(17-15-22)33-28(37)20-35-19-23(26-12-8-9-13-27(26)35)18-32-29-21(2)34(3)36(30(29)38)25-10-6-5-7-11-25/h5-19H,4,20H2,1-3H3,(H,33,37). The summed E-state index contributed by atoms with van der Waals surface area (Å²) in [5, 5.41) is 3.78. The highest BCUT2D eigenvalue weighted by molar-refractivity contribution is 6.01. The lowest BCUT2D eigenvalue weighted by Crippen LogP contribution is -2.19. The molecule has 2 aromatic heterocycles. The zero-order valence-electron chi connectivity index (χ0n) is 22.5. The largest absolute Gasteiger partial charge is 0.462 e. The topological polar surface area (TPSA) is 99.6 Å². The molecule has 1 amide bonds. The summed E-state index contributed by atoms with van der Waals surface area (Å²) < 4.78 is 10.2. The van der Waals surface area contributed by atoms with E-state index >= 15 is 0 Å². The molecule has 0 saturated carbocycles. The first-order valence-electron chi connectivity index (χ1n) is 12.9. The van der Waals surface area contributed by atoms with E-state index in [4.69, 9.17) is 4.74 Å². The fraction of sp³-hybridized carbons (Fsp3) is 0.161. The molecule has 0 bridgehead atoms. The Kier molecular flexibility index (Phi) is 7.46. The third kappa shape index (κ3) is 5.22. The predicted octanol–water partition coefficient (Wildman–Crippen LogP) is 5.01. The summed E-state index contributed by atoms with van der Waals surface area (Å²) in [7, 11) is 1.83. The molecule has 0 aliphatic heterocycles. The van der Waals surface area contributed by atoms with E-state index < -0.39 is 5.97 Å². The van der Waals surface area contributed by atoms with Crippen LogP contribution < -0.4 is 10.9 Å². The molecule has 0 unspecified atom stereocenters. The number of nitrogens with zero attached hydrogens (tertiary/aromatic N) is 4. The first-order chi connectivity index (χ1) is 19.4. The predicted molar refractivity (Wildman–Crippen MR) is 156 cm³/mol. The van der Waals surface area contributed by atoms with Gasteiger partial charge in [-0.1, -0.05) is 36.4 Å². The smallest absolute Gasteiger partial charge is 0.338 e. The summed E-state index contributed by atoms with van der Waals surface area (Å²) in [6.07, 6.45) is 3.52. The van der Waals surface area contributed by atoms with Gasteiger partial charge in [0.1, 0.15) is 6.54 Å². The Balaban J connectivity index is 1.39. The number of aromatic nitrogens is 3. The number of rotatable bonds is 8. The van der Waals surface area contributed by atoms with E-state index in [1.807, 2.05) is 79.3 Å². The van der Waals surface area contributed by atoms with Crippen LogP contribution in [-0.4, -0.2) is 38.6 Å². The lowest BCUT2D eigenvalue weighted by Gasteiger charge is -2.08. The van der Waals surface area contributed by atoms with Crippen LogP contribution in [0.5, 0.6) is 0 Å². The van der Waals surface area contributed by atoms with Gasteiger partial charge in [-0.15, -0.1) is 0 Å². The summed E-state index contributed by atoms with van der Waals surface area (Å²) in [6.45, 7) is 3.98. The Morgan fingerprint density at radius 2 is 1.68 bits per heavy atom. The van der Waals surface area contributed by atoms with Crippen LogP contribution in [0.15, 0.2) is 94.8 Å². The van der Waals surface area contributed by atoms with E-state index in [-0.39, 0.29) is 18.0 Å². The van der Waals surface area contributed by atoms with E-state index in [1.165, 1.54) is 0 Å². The van der Waals surface area contributed by atoms with Crippen molar-refractivity contribution in [2.45, 2.75) is 20.4 Å². The molecule has 0 radical (unpaired) electrons. The molecule has 3 aromatic carbocycles. The molecular formula is C31H29N5O4. The highest BCUT2D eigenvalue weighted by Crippen LogP contribution is 2.22. The Morgan fingerprint density at radius 1 is 0.975 bits per heavy atom. The molecule has 0 saturated heterocycles. The molecule has 0 aliphatic rings. The minimum Gasteiger partial charge on any atom is -0.462 e. The number of benzene rings is 3. The van der Waals surface area contributed by atoms with Gasteiger partial charge in [-0.05, 0) is 56.3 Å². The number of ether oxygens (including phenoxy) is 1. The minimum absolute atomic E-state index is 0.0686. The van der Waals surface area contributed by atoms with Crippen LogP contribution in [0, 0.1) is 6.92 Å². The molecule has 202 valence electrons. The van der Waals surface area contributed by atoms with Gasteiger partial charge < -0.3 is 14.6 Å². The van der Waals surface area contributed by atoms with Crippen LogP contribution in [-0.2, 0) is 23.1 Å². The van der Waals surface area contributed by atoms with Crippen LogP contribution in [0.1, 0.15) is 28.5 Å². The monoisotopic (exact) mass is 535 g/mol. The molecule has 2 heterocycles. The maximum atomic E-state index is 13.3. The highest BCUT2D eigenvalue weighted by atomic mass is 16.5. The molecule has 9 nitrogen and oxygen atoms in total. The van der Waals surface area contributed by atoms with Gasteiger partial charge >= 0.3 is 5.97 Å². The Morgan fingerprint density at radius 3 is 2.40 bits per heavy atom. The van der Waals surface area contributed by atoms with Crippen LogP contribution in [0.2, 0.25) is 0 Å². The van der Waals surface area contributed by atoms with Gasteiger partial charge in [0.25, 0.3) is 5.56 Å². The lowest BCUT2D eigenvalue weighted by atomic mass is 10.2. The minimum atomic E-state index is -0.405. The number of nitrogens with one attached hydrogen (secondary N) is 1. The highest BCUT2D eigenvalue weighted by Gasteiger charge is 2.16. The third-order valence-corrected chi connectivity index (χ3v) is 6.67. The molecule has 0 atom stereocenters. The average Bonchev–Trinajstić information content (AvgIpc) is 3.41. The van der Waals surface area contributed by atoms with Gasteiger partial charge in [-0.2, -0.15) is 0 Å². The van der Waals surface area contributed by atoms with Crippen molar-refractivity contribution in [3.8, 4) is 5.69 Å². The third-order valence-electron chi connectivity index (χ3n) is 6.67. The average molecular weight is 536 g/mol. The van der Waals surface area contributed by atoms with Crippen LogP contribution in [0.4, 0.5) is 11.4 Å². The van der Waals surface area contributed by atoms with E-state index in [9.17, 15) is 14.4 Å². The summed E-state index contributed by atoms with van der Waals surface area (Å²) in [6, 6.07) is 23.7. The molecule has 0 aliphatic carbocycles. The van der Waals surface area contributed by atoms with E-state index in [0.717, 1.165) is 27.8 Å². The first-order valence-corrected chi connectivity index (χ1v) is 12.9. The van der Waals surface area contributed by atoms with Crippen molar-refractivity contribution < 1.29 is 14.3 Å². The van der Waals surface area contributed by atoms with Crippen LogP contribution in [0.3, 0.4) is 0 Å². The van der Waals surface area contributed by atoms with Crippen LogP contribution in [0.25, 0.3) is 16.6 Å². The Hall–Kier alpha value is -5.18. The second-order valence-electron chi connectivity index (χ2n) is 9.24. The Bertz CT molecular complexity index is 1780. The fourth-order valence-corrected chi connectivity index (χ4v) is 4.61.